The second-order valence-corrected chi connectivity index (χ2v) is 12.9. The number of hydrogen-bond acceptors (Lipinski definition) is 1. The summed E-state index contributed by atoms with van der Waals surface area (Å²) in [7, 11) is -1.98. The molecule has 164 valence electrons. The molecule has 0 N–H and O–H groups in total. The molecule has 0 spiro atoms. The van der Waals surface area contributed by atoms with Gasteiger partial charge >= 0.3 is 23.9 Å². The predicted molar refractivity (Wildman–Crippen MR) is 87.1 cm³/mol. The fraction of sp³-hybridized carbons (Fsp3) is 1.00. The van der Waals surface area contributed by atoms with Crippen LogP contribution < -0.4 is 0 Å². The van der Waals surface area contributed by atoms with Crippen LogP contribution in [0.3, 0.4) is 0 Å². The lowest BCUT2D eigenvalue weighted by atomic mass is 9.98. The van der Waals surface area contributed by atoms with E-state index >= 15 is 0 Å². The number of halogens is 9. The summed E-state index contributed by atoms with van der Waals surface area (Å²) in [6, 6.07) is 0. The molecule has 27 heavy (non-hydrogen) atoms. The van der Waals surface area contributed by atoms with Gasteiger partial charge in [-0.25, -0.2) is 0 Å². The van der Waals surface area contributed by atoms with Crippen LogP contribution in [0.2, 0.25) is 18.1 Å². The first-order valence-electron chi connectivity index (χ1n) is 8.55. The van der Waals surface area contributed by atoms with Crippen molar-refractivity contribution in [3.8, 4) is 0 Å². The molecule has 0 amide bonds. The van der Waals surface area contributed by atoms with E-state index in [-0.39, 0.29) is 11.5 Å². The van der Waals surface area contributed by atoms with Gasteiger partial charge in [-0.1, -0.05) is 33.6 Å². The van der Waals surface area contributed by atoms with Crippen LogP contribution in [0.1, 0.15) is 52.9 Å². The summed E-state index contributed by atoms with van der Waals surface area (Å²) < 4.78 is 120. The maximum atomic E-state index is 13.3. The number of rotatable bonds is 10. The van der Waals surface area contributed by atoms with Gasteiger partial charge in [-0.05, 0) is 31.0 Å². The largest absolute Gasteiger partial charge is 0.460 e. The van der Waals surface area contributed by atoms with Crippen molar-refractivity contribution in [3.05, 3.63) is 0 Å². The van der Waals surface area contributed by atoms with Crippen LogP contribution in [-0.4, -0.2) is 38.9 Å². The van der Waals surface area contributed by atoms with E-state index in [1.54, 1.807) is 0 Å². The Labute approximate surface area is 154 Å². The van der Waals surface area contributed by atoms with Gasteiger partial charge in [0.25, 0.3) is 0 Å². The van der Waals surface area contributed by atoms with E-state index in [4.69, 9.17) is 4.43 Å². The standard InChI is InChI=1S/C16H27F9OSi/c1-12(2,3)27(4,5)26-11-9-7-6-8-10-13(17,18)14(19,20)15(21,22)16(23,24)25/h6-11H2,1-5H3. The maximum absolute atomic E-state index is 13.3. The molecule has 0 heterocycles. The summed E-state index contributed by atoms with van der Waals surface area (Å²) in [6.07, 6.45) is -8.37. The van der Waals surface area contributed by atoms with Crippen molar-refractivity contribution in [2.24, 2.45) is 0 Å². The second kappa shape index (κ2) is 8.50. The first-order valence-corrected chi connectivity index (χ1v) is 11.5. The second-order valence-electron chi connectivity index (χ2n) is 8.12. The van der Waals surface area contributed by atoms with Crippen molar-refractivity contribution < 1.29 is 43.9 Å². The summed E-state index contributed by atoms with van der Waals surface area (Å²) in [6.45, 7) is 10.4. The van der Waals surface area contributed by atoms with Crippen molar-refractivity contribution >= 4 is 8.32 Å². The summed E-state index contributed by atoms with van der Waals surface area (Å²) in [5.74, 6) is -18.8. The molecule has 0 aliphatic rings. The minimum atomic E-state index is -6.81. The Morgan fingerprint density at radius 3 is 1.52 bits per heavy atom. The van der Waals surface area contributed by atoms with Crippen molar-refractivity contribution in [2.75, 3.05) is 6.61 Å². The monoisotopic (exact) mass is 434 g/mol. The molecular weight excluding hydrogens is 407 g/mol. The van der Waals surface area contributed by atoms with E-state index in [2.05, 4.69) is 0 Å². The Morgan fingerprint density at radius 2 is 1.11 bits per heavy atom. The first kappa shape index (κ1) is 26.5. The summed E-state index contributed by atoms with van der Waals surface area (Å²) in [5, 5.41) is -0.0235. The van der Waals surface area contributed by atoms with Gasteiger partial charge in [-0.3, -0.25) is 0 Å². The third-order valence-electron chi connectivity index (χ3n) is 4.86. The molecule has 0 rings (SSSR count). The van der Waals surface area contributed by atoms with Gasteiger partial charge in [0.1, 0.15) is 0 Å². The van der Waals surface area contributed by atoms with E-state index in [1.807, 2.05) is 33.9 Å². The average Bonchev–Trinajstić information content (AvgIpc) is 2.43. The topological polar surface area (TPSA) is 9.23 Å². The Morgan fingerprint density at radius 1 is 0.667 bits per heavy atom. The predicted octanol–water partition coefficient (Wildman–Crippen LogP) is 7.43. The summed E-state index contributed by atoms with van der Waals surface area (Å²) in [5.41, 5.74) is 0. The number of unbranched alkanes of at least 4 members (excludes halogenated alkanes) is 3. The lowest BCUT2D eigenvalue weighted by Gasteiger charge is -2.36. The fourth-order valence-electron chi connectivity index (χ4n) is 1.91. The molecule has 0 unspecified atom stereocenters. The van der Waals surface area contributed by atoms with E-state index in [0.29, 0.717) is 19.4 Å². The summed E-state index contributed by atoms with van der Waals surface area (Å²) >= 11 is 0. The van der Waals surface area contributed by atoms with Crippen LogP contribution in [0.15, 0.2) is 0 Å². The lowest BCUT2D eigenvalue weighted by molar-refractivity contribution is -0.396. The van der Waals surface area contributed by atoms with Gasteiger partial charge in [-0.15, -0.1) is 0 Å². The quantitative estimate of drug-likeness (QED) is 0.197. The molecule has 0 fully saturated rings. The minimum absolute atomic E-state index is 0.00980. The molecule has 0 bridgehead atoms. The summed E-state index contributed by atoms with van der Waals surface area (Å²) in [4.78, 5) is 0. The molecule has 0 aromatic rings. The molecule has 0 aliphatic carbocycles. The highest BCUT2D eigenvalue weighted by Crippen LogP contribution is 2.54. The molecule has 0 aromatic heterocycles. The van der Waals surface area contributed by atoms with Gasteiger partial charge in [0.05, 0.1) is 0 Å². The van der Waals surface area contributed by atoms with Crippen molar-refractivity contribution in [1.29, 1.82) is 0 Å². The third kappa shape index (κ3) is 6.27. The normalized spacial score (nSPS) is 15.3. The van der Waals surface area contributed by atoms with E-state index in [1.165, 1.54) is 0 Å². The average molecular weight is 434 g/mol. The molecule has 0 aliphatic heterocycles. The molecule has 0 atom stereocenters. The first-order chi connectivity index (χ1) is 11.7. The number of hydrogen-bond donors (Lipinski definition) is 0. The highest BCUT2D eigenvalue weighted by atomic mass is 28.4. The van der Waals surface area contributed by atoms with Gasteiger partial charge in [0.15, 0.2) is 8.32 Å². The van der Waals surface area contributed by atoms with Crippen LogP contribution in [-0.2, 0) is 4.43 Å². The highest BCUT2D eigenvalue weighted by Gasteiger charge is 2.81. The van der Waals surface area contributed by atoms with E-state index < -0.39 is 45.1 Å². The Bertz CT molecular complexity index is 467. The zero-order valence-electron chi connectivity index (χ0n) is 16.1. The molecule has 11 heteroatoms. The fourth-order valence-corrected chi connectivity index (χ4v) is 3.00. The molecular formula is C16H27F9OSi. The Balaban J connectivity index is 4.46. The Hall–Kier alpha value is -0.453. The van der Waals surface area contributed by atoms with Gasteiger partial charge in [0, 0.05) is 13.0 Å². The van der Waals surface area contributed by atoms with Crippen LogP contribution in [0.5, 0.6) is 0 Å². The van der Waals surface area contributed by atoms with Crippen LogP contribution >= 0.6 is 0 Å². The van der Waals surface area contributed by atoms with Gasteiger partial charge in [0.2, 0.25) is 0 Å². The zero-order chi connectivity index (χ0) is 21.9. The van der Waals surface area contributed by atoms with Crippen LogP contribution in [0.25, 0.3) is 0 Å². The Kier molecular flexibility index (Phi) is 8.36. The van der Waals surface area contributed by atoms with Crippen molar-refractivity contribution in [2.45, 2.75) is 95.0 Å². The molecule has 0 saturated heterocycles. The van der Waals surface area contributed by atoms with Gasteiger partial charge < -0.3 is 4.43 Å². The molecule has 1 nitrogen and oxygen atoms in total. The molecule has 0 aromatic carbocycles. The van der Waals surface area contributed by atoms with E-state index in [9.17, 15) is 39.5 Å². The van der Waals surface area contributed by atoms with Crippen molar-refractivity contribution in [1.82, 2.24) is 0 Å². The zero-order valence-corrected chi connectivity index (χ0v) is 17.1. The van der Waals surface area contributed by atoms with Crippen molar-refractivity contribution in [3.63, 3.8) is 0 Å². The molecule has 0 saturated carbocycles. The maximum Gasteiger partial charge on any atom is 0.460 e. The van der Waals surface area contributed by atoms with E-state index in [0.717, 1.165) is 0 Å². The number of alkyl halides is 9. The highest BCUT2D eigenvalue weighted by molar-refractivity contribution is 6.74. The lowest BCUT2D eigenvalue weighted by Crippen LogP contribution is -2.60. The third-order valence-corrected chi connectivity index (χ3v) is 9.40. The SMILES string of the molecule is CC(C)(C)[Si](C)(C)OCCCCCCC(F)(F)C(F)(F)C(F)(F)C(F)(F)F. The van der Waals surface area contributed by atoms with Crippen LogP contribution in [0.4, 0.5) is 39.5 Å². The molecule has 0 radical (unpaired) electrons. The van der Waals surface area contributed by atoms with Crippen LogP contribution in [0, 0.1) is 0 Å². The smallest absolute Gasteiger partial charge is 0.417 e. The minimum Gasteiger partial charge on any atom is -0.417 e. The van der Waals surface area contributed by atoms with Gasteiger partial charge in [-0.2, -0.15) is 39.5 Å².